The van der Waals surface area contributed by atoms with Crippen LogP contribution < -0.4 is 4.90 Å². The Hall–Kier alpha value is -1.62. The third-order valence-electron chi connectivity index (χ3n) is 5.38. The molecule has 2 aliphatic rings. The van der Waals surface area contributed by atoms with Gasteiger partial charge in [-0.25, -0.2) is 4.98 Å². The molecule has 2 fully saturated rings. The van der Waals surface area contributed by atoms with Crippen LogP contribution in [0.1, 0.15) is 55.3 Å². The smallest absolute Gasteiger partial charge is 0.255 e. The number of carbonyl (C=O) groups is 1. The Morgan fingerprint density at radius 2 is 1.88 bits per heavy atom. The number of hydrogen-bond acceptors (Lipinski definition) is 4. The van der Waals surface area contributed by atoms with Gasteiger partial charge in [-0.05, 0) is 43.7 Å². The Morgan fingerprint density at radius 3 is 2.56 bits per heavy atom. The van der Waals surface area contributed by atoms with E-state index in [2.05, 4.69) is 9.88 Å². The average Bonchev–Trinajstić information content (AvgIpc) is 2.62. The number of pyridine rings is 1. The lowest BCUT2D eigenvalue weighted by molar-refractivity contribution is 0.0570. The summed E-state index contributed by atoms with van der Waals surface area (Å²) in [5, 5.41) is 0. The number of aromatic nitrogens is 1. The second-order valence-electron chi connectivity index (χ2n) is 7.37. The zero-order valence-corrected chi connectivity index (χ0v) is 15.5. The van der Waals surface area contributed by atoms with Gasteiger partial charge >= 0.3 is 0 Å². The van der Waals surface area contributed by atoms with Crippen LogP contribution in [0.15, 0.2) is 18.3 Å². The summed E-state index contributed by atoms with van der Waals surface area (Å²) in [7, 11) is 1.73. The van der Waals surface area contributed by atoms with Gasteiger partial charge in [0.1, 0.15) is 5.82 Å². The number of hydrogen-bond donors (Lipinski definition) is 0. The lowest BCUT2D eigenvalue weighted by atomic mass is 9.98. The van der Waals surface area contributed by atoms with Crippen molar-refractivity contribution < 1.29 is 9.53 Å². The van der Waals surface area contributed by atoms with Crippen LogP contribution in [0.5, 0.6) is 0 Å². The van der Waals surface area contributed by atoms with Crippen molar-refractivity contribution in [2.75, 3.05) is 44.8 Å². The van der Waals surface area contributed by atoms with Crippen LogP contribution in [0, 0.1) is 5.92 Å². The van der Waals surface area contributed by atoms with Crippen LogP contribution in [0.2, 0.25) is 0 Å². The number of methoxy groups -OCH3 is 1. The molecule has 0 saturated carbocycles. The molecule has 2 aliphatic heterocycles. The fourth-order valence-corrected chi connectivity index (χ4v) is 3.98. The quantitative estimate of drug-likeness (QED) is 0.839. The van der Waals surface area contributed by atoms with E-state index in [9.17, 15) is 4.79 Å². The molecule has 1 amide bonds. The Bertz CT molecular complexity index is 536. The topological polar surface area (TPSA) is 45.7 Å². The molecule has 0 unspecified atom stereocenters. The van der Waals surface area contributed by atoms with Gasteiger partial charge in [-0.15, -0.1) is 0 Å². The first-order chi connectivity index (χ1) is 12.3. The van der Waals surface area contributed by atoms with E-state index in [1.54, 1.807) is 13.3 Å². The molecule has 0 aromatic carbocycles. The fourth-order valence-electron chi connectivity index (χ4n) is 3.98. The van der Waals surface area contributed by atoms with E-state index in [1.807, 2.05) is 17.0 Å². The molecule has 5 heteroatoms. The highest BCUT2D eigenvalue weighted by atomic mass is 16.5. The van der Waals surface area contributed by atoms with E-state index >= 15 is 0 Å². The van der Waals surface area contributed by atoms with Gasteiger partial charge in [0.05, 0.1) is 12.2 Å². The van der Waals surface area contributed by atoms with Crippen molar-refractivity contribution in [3.8, 4) is 0 Å². The highest BCUT2D eigenvalue weighted by Crippen LogP contribution is 2.21. The fraction of sp³-hybridized carbons (Fsp3) is 0.700. The molecule has 0 bridgehead atoms. The molecular formula is C20H31N3O2. The molecule has 1 aromatic rings. The van der Waals surface area contributed by atoms with Gasteiger partial charge in [-0.3, -0.25) is 4.79 Å². The third kappa shape index (κ3) is 4.94. The molecular weight excluding hydrogens is 314 g/mol. The minimum atomic E-state index is 0.104. The van der Waals surface area contributed by atoms with Gasteiger partial charge in [0, 0.05) is 39.5 Å². The minimum Gasteiger partial charge on any atom is -0.384 e. The zero-order chi connectivity index (χ0) is 17.5. The van der Waals surface area contributed by atoms with Crippen molar-refractivity contribution in [1.29, 1.82) is 0 Å². The van der Waals surface area contributed by atoms with Crippen molar-refractivity contribution in [3.63, 3.8) is 0 Å². The molecule has 25 heavy (non-hydrogen) atoms. The van der Waals surface area contributed by atoms with Crippen LogP contribution in [0.3, 0.4) is 0 Å². The summed E-state index contributed by atoms with van der Waals surface area (Å²) in [4.78, 5) is 21.7. The minimum absolute atomic E-state index is 0.104. The molecule has 0 aliphatic carbocycles. The van der Waals surface area contributed by atoms with Crippen LogP contribution in [-0.4, -0.2) is 55.7 Å². The van der Waals surface area contributed by atoms with Crippen molar-refractivity contribution in [2.45, 2.75) is 44.9 Å². The first-order valence-electron chi connectivity index (χ1n) is 9.77. The molecule has 0 spiro atoms. The predicted octanol–water partition coefficient (Wildman–Crippen LogP) is 3.35. The summed E-state index contributed by atoms with van der Waals surface area (Å²) in [6.45, 7) is 4.51. The van der Waals surface area contributed by atoms with Crippen molar-refractivity contribution in [1.82, 2.24) is 9.88 Å². The maximum absolute atomic E-state index is 12.8. The van der Waals surface area contributed by atoms with E-state index in [0.717, 1.165) is 51.4 Å². The Labute approximate surface area is 151 Å². The first kappa shape index (κ1) is 18.2. The molecule has 1 aromatic heterocycles. The molecule has 0 N–H and O–H groups in total. The maximum Gasteiger partial charge on any atom is 0.255 e. The van der Waals surface area contributed by atoms with E-state index in [-0.39, 0.29) is 5.91 Å². The number of likely N-dealkylation sites (tertiary alicyclic amines) is 1. The summed E-state index contributed by atoms with van der Waals surface area (Å²) >= 11 is 0. The van der Waals surface area contributed by atoms with E-state index < -0.39 is 0 Å². The Morgan fingerprint density at radius 1 is 1.12 bits per heavy atom. The Kier molecular flexibility index (Phi) is 6.68. The van der Waals surface area contributed by atoms with Gasteiger partial charge < -0.3 is 14.5 Å². The summed E-state index contributed by atoms with van der Waals surface area (Å²) in [5.41, 5.74) is 0.703. The summed E-state index contributed by atoms with van der Waals surface area (Å²) < 4.78 is 5.26. The van der Waals surface area contributed by atoms with E-state index in [1.165, 1.54) is 32.1 Å². The SMILES string of the molecule is COC[C@H]1CCCN(C(=O)c2ccc(N3CCCCCCC3)nc2)C1. The molecule has 2 saturated heterocycles. The van der Waals surface area contributed by atoms with Gasteiger partial charge in [0.15, 0.2) is 0 Å². The number of anilines is 1. The highest BCUT2D eigenvalue weighted by molar-refractivity contribution is 5.94. The number of piperidine rings is 1. The maximum atomic E-state index is 12.8. The third-order valence-corrected chi connectivity index (χ3v) is 5.38. The molecule has 138 valence electrons. The normalized spacial score (nSPS) is 22.4. The number of carbonyl (C=O) groups excluding carboxylic acids is 1. The van der Waals surface area contributed by atoms with Crippen LogP contribution in [0.25, 0.3) is 0 Å². The van der Waals surface area contributed by atoms with Gasteiger partial charge in [-0.2, -0.15) is 0 Å². The van der Waals surface area contributed by atoms with Gasteiger partial charge in [0.25, 0.3) is 5.91 Å². The highest BCUT2D eigenvalue weighted by Gasteiger charge is 2.24. The molecule has 1 atom stereocenters. The number of amides is 1. The first-order valence-corrected chi connectivity index (χ1v) is 9.77. The van der Waals surface area contributed by atoms with Crippen molar-refractivity contribution in [2.24, 2.45) is 5.92 Å². The molecule has 5 nitrogen and oxygen atoms in total. The lowest BCUT2D eigenvalue weighted by Crippen LogP contribution is -2.41. The lowest BCUT2D eigenvalue weighted by Gasteiger charge is -2.32. The van der Waals surface area contributed by atoms with Crippen LogP contribution in [0.4, 0.5) is 5.82 Å². The number of nitrogens with zero attached hydrogens (tertiary/aromatic N) is 3. The molecule has 3 rings (SSSR count). The van der Waals surface area contributed by atoms with E-state index in [0.29, 0.717) is 11.5 Å². The number of rotatable bonds is 4. The second kappa shape index (κ2) is 9.18. The van der Waals surface area contributed by atoms with Gasteiger partial charge in [-0.1, -0.05) is 19.3 Å². The summed E-state index contributed by atoms with van der Waals surface area (Å²) in [5.74, 6) is 1.57. The average molecular weight is 345 g/mol. The largest absolute Gasteiger partial charge is 0.384 e. The monoisotopic (exact) mass is 345 g/mol. The standard InChI is InChI=1S/C20H31N3O2/c1-25-16-17-8-7-13-23(15-17)20(24)18-9-10-19(21-14-18)22-11-5-3-2-4-6-12-22/h9-10,14,17H,2-8,11-13,15-16H2,1H3/t17-/m0/s1. The van der Waals surface area contributed by atoms with Crippen molar-refractivity contribution >= 4 is 11.7 Å². The molecule has 3 heterocycles. The Balaban J connectivity index is 1.61. The summed E-state index contributed by atoms with van der Waals surface area (Å²) in [6, 6.07) is 3.97. The van der Waals surface area contributed by atoms with Crippen LogP contribution in [-0.2, 0) is 4.74 Å². The van der Waals surface area contributed by atoms with E-state index in [4.69, 9.17) is 4.74 Å². The van der Waals surface area contributed by atoms with Crippen molar-refractivity contribution in [3.05, 3.63) is 23.9 Å². The predicted molar refractivity (Wildman–Crippen MR) is 100 cm³/mol. The van der Waals surface area contributed by atoms with Gasteiger partial charge in [0.2, 0.25) is 0 Å². The summed E-state index contributed by atoms with van der Waals surface area (Å²) in [6.07, 6.45) is 10.4. The number of ether oxygens (including phenoxy) is 1. The molecule has 0 radical (unpaired) electrons. The zero-order valence-electron chi connectivity index (χ0n) is 15.5. The second-order valence-corrected chi connectivity index (χ2v) is 7.37. The van der Waals surface area contributed by atoms with Crippen LogP contribution >= 0.6 is 0 Å².